The Morgan fingerprint density at radius 2 is 1.77 bits per heavy atom. The number of benzene rings is 2. The van der Waals surface area contributed by atoms with Crippen LogP contribution in [0, 0.1) is 0 Å². The number of hydrogen-bond acceptors (Lipinski definition) is 6. The highest BCUT2D eigenvalue weighted by atomic mass is 35.5. The number of pyridine rings is 1. The molecule has 1 aliphatic heterocycles. The highest BCUT2D eigenvalue weighted by Crippen LogP contribution is 2.37. The molecule has 1 saturated carbocycles. The molecule has 1 atom stereocenters. The molecule has 6 rings (SSSR count). The molecule has 1 aliphatic carbocycles. The Kier molecular flexibility index (Phi) is 8.19. The molecule has 0 saturated heterocycles. The summed E-state index contributed by atoms with van der Waals surface area (Å²) >= 11 is 6.45. The second-order valence-electron chi connectivity index (χ2n) is 10.4. The van der Waals surface area contributed by atoms with Crippen LogP contribution in [0.5, 0.6) is 5.88 Å². The van der Waals surface area contributed by atoms with E-state index in [0.29, 0.717) is 25.0 Å². The Morgan fingerprint density at radius 1 is 0.923 bits per heavy atom. The van der Waals surface area contributed by atoms with Gasteiger partial charge in [-0.3, -0.25) is 4.57 Å². The number of fused-ring (bicyclic) bond motifs is 3. The van der Waals surface area contributed by atoms with Crippen molar-refractivity contribution < 1.29 is 9.47 Å². The van der Waals surface area contributed by atoms with E-state index < -0.39 is 0 Å². The highest BCUT2D eigenvalue weighted by molar-refractivity contribution is 6.30. The standard InChI is InChI=1S/C31H34ClN5O2/c32-25-11-14-28-24(18-25)19-26(33-16-17-38-21-22-6-2-1-3-7-22)20-29-35-36-31(37(28)29)23-9-12-27(13-10-23)39-30-8-4-5-15-34-30/h1-8,11,14-15,18,23,26-27,33H,9-10,12-13,16-17,19-21H2/t23?,26-,27?/m1/s1. The molecule has 0 radical (unpaired) electrons. The number of nitrogens with one attached hydrogen (secondary N) is 1. The molecule has 0 unspecified atom stereocenters. The van der Waals surface area contributed by atoms with Crippen molar-refractivity contribution in [3.8, 4) is 11.6 Å². The van der Waals surface area contributed by atoms with Crippen LogP contribution in [0.1, 0.15) is 54.4 Å². The van der Waals surface area contributed by atoms with Crippen molar-refractivity contribution in [1.29, 1.82) is 0 Å². The van der Waals surface area contributed by atoms with E-state index >= 15 is 0 Å². The predicted molar refractivity (Wildman–Crippen MR) is 152 cm³/mol. The van der Waals surface area contributed by atoms with Crippen molar-refractivity contribution in [1.82, 2.24) is 25.1 Å². The van der Waals surface area contributed by atoms with Gasteiger partial charge in [-0.1, -0.05) is 48.0 Å². The number of halogens is 1. The lowest BCUT2D eigenvalue weighted by Gasteiger charge is -2.28. The van der Waals surface area contributed by atoms with E-state index in [-0.39, 0.29) is 12.1 Å². The maximum Gasteiger partial charge on any atom is 0.213 e. The monoisotopic (exact) mass is 543 g/mol. The van der Waals surface area contributed by atoms with Crippen LogP contribution in [0.4, 0.5) is 0 Å². The minimum absolute atomic E-state index is 0.187. The van der Waals surface area contributed by atoms with E-state index in [1.165, 1.54) is 11.1 Å². The molecule has 2 aromatic heterocycles. The fraction of sp³-hybridized carbons (Fsp3) is 0.387. The summed E-state index contributed by atoms with van der Waals surface area (Å²) in [6, 6.07) is 22.5. The molecule has 1 fully saturated rings. The van der Waals surface area contributed by atoms with Gasteiger partial charge >= 0.3 is 0 Å². The predicted octanol–water partition coefficient (Wildman–Crippen LogP) is 5.69. The van der Waals surface area contributed by atoms with Gasteiger partial charge in [-0.25, -0.2) is 4.98 Å². The van der Waals surface area contributed by atoms with Crippen LogP contribution in [-0.4, -0.2) is 45.0 Å². The normalized spacial score (nSPS) is 20.6. The summed E-state index contributed by atoms with van der Waals surface area (Å²) in [5.74, 6) is 3.10. The van der Waals surface area contributed by atoms with E-state index in [2.05, 4.69) is 39.1 Å². The first-order valence-corrected chi connectivity index (χ1v) is 14.3. The van der Waals surface area contributed by atoms with Crippen LogP contribution in [0.15, 0.2) is 72.9 Å². The Balaban J connectivity index is 1.12. The van der Waals surface area contributed by atoms with Gasteiger partial charge in [0.25, 0.3) is 0 Å². The van der Waals surface area contributed by atoms with Crippen LogP contribution >= 0.6 is 11.6 Å². The molecule has 4 aromatic rings. The molecule has 2 aliphatic rings. The quantitative estimate of drug-likeness (QED) is 0.273. The first-order chi connectivity index (χ1) is 19.2. The molecule has 0 spiro atoms. The summed E-state index contributed by atoms with van der Waals surface area (Å²) in [4.78, 5) is 4.32. The van der Waals surface area contributed by atoms with Crippen LogP contribution in [0.3, 0.4) is 0 Å². The van der Waals surface area contributed by atoms with Crippen LogP contribution < -0.4 is 10.1 Å². The molecule has 0 amide bonds. The van der Waals surface area contributed by atoms with Crippen LogP contribution in [0.25, 0.3) is 5.69 Å². The number of rotatable bonds is 9. The fourth-order valence-corrected chi connectivity index (χ4v) is 5.95. The summed E-state index contributed by atoms with van der Waals surface area (Å²) in [5.41, 5.74) is 3.55. The van der Waals surface area contributed by atoms with Gasteiger partial charge < -0.3 is 14.8 Å². The number of ether oxygens (including phenoxy) is 2. The molecule has 7 nitrogen and oxygen atoms in total. The minimum Gasteiger partial charge on any atom is -0.474 e. The number of hydrogen-bond donors (Lipinski definition) is 1. The van der Waals surface area contributed by atoms with Crippen molar-refractivity contribution in [2.45, 2.75) is 63.2 Å². The largest absolute Gasteiger partial charge is 0.474 e. The lowest BCUT2D eigenvalue weighted by Crippen LogP contribution is -2.35. The van der Waals surface area contributed by atoms with Crippen molar-refractivity contribution >= 4 is 11.6 Å². The molecule has 202 valence electrons. The lowest BCUT2D eigenvalue weighted by atomic mass is 9.86. The lowest BCUT2D eigenvalue weighted by molar-refractivity contribution is 0.120. The molecule has 2 aromatic carbocycles. The first kappa shape index (κ1) is 26.0. The zero-order valence-electron chi connectivity index (χ0n) is 22.0. The topological polar surface area (TPSA) is 74.1 Å². The average molecular weight is 544 g/mol. The maximum atomic E-state index is 6.45. The third-order valence-electron chi connectivity index (χ3n) is 7.69. The summed E-state index contributed by atoms with van der Waals surface area (Å²) < 4.78 is 14.3. The van der Waals surface area contributed by atoms with E-state index in [4.69, 9.17) is 31.3 Å². The second-order valence-corrected chi connectivity index (χ2v) is 10.9. The summed E-state index contributed by atoms with van der Waals surface area (Å²) in [5, 5.41) is 13.9. The van der Waals surface area contributed by atoms with E-state index in [1.807, 2.05) is 42.5 Å². The zero-order valence-corrected chi connectivity index (χ0v) is 22.8. The van der Waals surface area contributed by atoms with Gasteiger partial charge in [0, 0.05) is 42.2 Å². The zero-order chi connectivity index (χ0) is 26.4. The van der Waals surface area contributed by atoms with Gasteiger partial charge in [-0.15, -0.1) is 10.2 Å². The van der Waals surface area contributed by atoms with Crippen LogP contribution in [0.2, 0.25) is 5.02 Å². The molecule has 3 heterocycles. The molecule has 0 bridgehead atoms. The summed E-state index contributed by atoms with van der Waals surface area (Å²) in [6.45, 7) is 2.04. The Hall–Kier alpha value is -3.26. The highest BCUT2D eigenvalue weighted by Gasteiger charge is 2.31. The summed E-state index contributed by atoms with van der Waals surface area (Å²) in [6.07, 6.45) is 7.62. The van der Waals surface area contributed by atoms with Gasteiger partial charge in [0.05, 0.1) is 18.9 Å². The first-order valence-electron chi connectivity index (χ1n) is 13.9. The van der Waals surface area contributed by atoms with Gasteiger partial charge in [0.2, 0.25) is 5.88 Å². The number of aromatic nitrogens is 4. The molecule has 39 heavy (non-hydrogen) atoms. The van der Waals surface area contributed by atoms with Gasteiger partial charge in [-0.05, 0) is 67.5 Å². The Labute approximate surface area is 234 Å². The third-order valence-corrected chi connectivity index (χ3v) is 7.92. The SMILES string of the molecule is Clc1ccc2c(c1)C[C@@H](NCCOCc1ccccc1)Cc1nnc(C3CCC(Oc4ccccn4)CC3)n1-2. The smallest absolute Gasteiger partial charge is 0.213 e. The number of nitrogens with zero attached hydrogens (tertiary/aromatic N) is 4. The Bertz CT molecular complexity index is 1360. The van der Waals surface area contributed by atoms with Crippen LogP contribution in [-0.2, 0) is 24.2 Å². The average Bonchev–Trinajstić information content (AvgIpc) is 3.30. The minimum atomic E-state index is 0.187. The fourth-order valence-electron chi connectivity index (χ4n) is 5.75. The van der Waals surface area contributed by atoms with Crippen molar-refractivity contribution in [3.05, 3.63) is 101 Å². The molecular weight excluding hydrogens is 510 g/mol. The van der Waals surface area contributed by atoms with E-state index in [0.717, 1.165) is 67.4 Å². The Morgan fingerprint density at radius 3 is 2.59 bits per heavy atom. The van der Waals surface area contributed by atoms with E-state index in [1.54, 1.807) is 6.20 Å². The summed E-state index contributed by atoms with van der Waals surface area (Å²) in [7, 11) is 0. The van der Waals surface area contributed by atoms with Crippen molar-refractivity contribution in [2.75, 3.05) is 13.2 Å². The van der Waals surface area contributed by atoms with E-state index in [9.17, 15) is 0 Å². The second kappa shape index (κ2) is 12.3. The maximum absolute atomic E-state index is 6.45. The molecule has 1 N–H and O–H groups in total. The van der Waals surface area contributed by atoms with Crippen molar-refractivity contribution in [2.24, 2.45) is 0 Å². The van der Waals surface area contributed by atoms with Crippen molar-refractivity contribution in [3.63, 3.8) is 0 Å². The van der Waals surface area contributed by atoms with Gasteiger partial charge in [0.15, 0.2) is 0 Å². The third kappa shape index (κ3) is 6.32. The van der Waals surface area contributed by atoms with Gasteiger partial charge in [-0.2, -0.15) is 0 Å². The molecule has 8 heteroatoms. The van der Waals surface area contributed by atoms with Gasteiger partial charge in [0.1, 0.15) is 17.8 Å². The molecular formula is C31H34ClN5O2.